The zero-order chi connectivity index (χ0) is 21.8. The number of likely N-dealkylation sites (tertiary alicyclic amines) is 1. The SMILES string of the molecule is Cc1cc(CC(=O)N2CC(O)CC2C(=O)NCc2ccc(-c3ccncc3)cc2)on1. The van der Waals surface area contributed by atoms with Gasteiger partial charge in [-0.15, -0.1) is 0 Å². The third-order valence-corrected chi connectivity index (χ3v) is 5.34. The van der Waals surface area contributed by atoms with Gasteiger partial charge in [-0.05, 0) is 35.7 Å². The number of nitrogens with zero attached hydrogens (tertiary/aromatic N) is 3. The second-order valence-corrected chi connectivity index (χ2v) is 7.71. The number of aliphatic hydroxyl groups excluding tert-OH is 1. The number of carbonyl (C=O) groups is 2. The largest absolute Gasteiger partial charge is 0.391 e. The molecule has 2 unspecified atom stereocenters. The van der Waals surface area contributed by atoms with Crippen molar-refractivity contribution >= 4 is 11.8 Å². The highest BCUT2D eigenvalue weighted by molar-refractivity contribution is 5.89. The summed E-state index contributed by atoms with van der Waals surface area (Å²) in [6, 6.07) is 12.7. The van der Waals surface area contributed by atoms with Crippen molar-refractivity contribution in [2.75, 3.05) is 6.54 Å². The lowest BCUT2D eigenvalue weighted by atomic mass is 10.1. The van der Waals surface area contributed by atoms with E-state index in [1.165, 1.54) is 4.90 Å². The minimum absolute atomic E-state index is 0.00775. The molecular formula is C23H24N4O4. The van der Waals surface area contributed by atoms with Crippen molar-refractivity contribution in [2.45, 2.75) is 38.5 Å². The normalized spacial score (nSPS) is 18.2. The van der Waals surface area contributed by atoms with Gasteiger partial charge in [-0.25, -0.2) is 0 Å². The van der Waals surface area contributed by atoms with Crippen LogP contribution in [0.3, 0.4) is 0 Å². The van der Waals surface area contributed by atoms with Gasteiger partial charge in [0, 0.05) is 38.0 Å². The quantitative estimate of drug-likeness (QED) is 0.630. The zero-order valence-electron chi connectivity index (χ0n) is 17.2. The molecule has 2 amide bonds. The minimum Gasteiger partial charge on any atom is -0.391 e. The number of rotatable bonds is 6. The Bertz CT molecular complexity index is 1050. The highest BCUT2D eigenvalue weighted by Crippen LogP contribution is 2.21. The maximum atomic E-state index is 12.8. The fourth-order valence-corrected chi connectivity index (χ4v) is 3.75. The molecular weight excluding hydrogens is 396 g/mol. The molecule has 1 fully saturated rings. The summed E-state index contributed by atoms with van der Waals surface area (Å²) in [5.41, 5.74) is 3.77. The Morgan fingerprint density at radius 1 is 1.16 bits per heavy atom. The van der Waals surface area contributed by atoms with Gasteiger partial charge in [-0.3, -0.25) is 14.6 Å². The fraction of sp³-hybridized carbons (Fsp3) is 0.304. The summed E-state index contributed by atoms with van der Waals surface area (Å²) in [5.74, 6) is -0.108. The second-order valence-electron chi connectivity index (χ2n) is 7.71. The predicted molar refractivity (Wildman–Crippen MR) is 113 cm³/mol. The van der Waals surface area contributed by atoms with E-state index in [2.05, 4.69) is 15.5 Å². The summed E-state index contributed by atoms with van der Waals surface area (Å²) in [6.45, 7) is 2.24. The number of aryl methyl sites for hydroxylation is 1. The van der Waals surface area contributed by atoms with Crippen molar-refractivity contribution in [3.8, 4) is 11.1 Å². The Hall–Kier alpha value is -3.52. The lowest BCUT2D eigenvalue weighted by Gasteiger charge is -2.23. The molecule has 3 heterocycles. The first-order valence-corrected chi connectivity index (χ1v) is 10.2. The maximum Gasteiger partial charge on any atom is 0.243 e. The number of aromatic nitrogens is 2. The number of pyridine rings is 1. The number of hydrogen-bond acceptors (Lipinski definition) is 6. The molecule has 1 aromatic carbocycles. The summed E-state index contributed by atoms with van der Waals surface area (Å²) in [7, 11) is 0. The third-order valence-electron chi connectivity index (χ3n) is 5.34. The van der Waals surface area contributed by atoms with Crippen LogP contribution in [0.5, 0.6) is 0 Å². The van der Waals surface area contributed by atoms with E-state index in [1.807, 2.05) is 36.4 Å². The van der Waals surface area contributed by atoms with Crippen LogP contribution in [0.25, 0.3) is 11.1 Å². The van der Waals surface area contributed by atoms with Crippen molar-refractivity contribution in [3.05, 3.63) is 71.9 Å². The van der Waals surface area contributed by atoms with Crippen LogP contribution in [-0.4, -0.2) is 50.7 Å². The number of β-amino-alcohol motifs (C(OH)–C–C–N with tert-alkyl or cyclic N) is 1. The minimum atomic E-state index is -0.726. The first-order chi connectivity index (χ1) is 15.0. The van der Waals surface area contributed by atoms with E-state index in [4.69, 9.17) is 4.52 Å². The van der Waals surface area contributed by atoms with Crippen molar-refractivity contribution in [1.82, 2.24) is 20.4 Å². The molecule has 2 N–H and O–H groups in total. The zero-order valence-corrected chi connectivity index (χ0v) is 17.2. The maximum absolute atomic E-state index is 12.8. The highest BCUT2D eigenvalue weighted by atomic mass is 16.5. The topological polar surface area (TPSA) is 109 Å². The third kappa shape index (κ3) is 4.97. The van der Waals surface area contributed by atoms with Gasteiger partial charge in [0.2, 0.25) is 11.8 Å². The van der Waals surface area contributed by atoms with Gasteiger partial charge >= 0.3 is 0 Å². The van der Waals surface area contributed by atoms with E-state index in [9.17, 15) is 14.7 Å². The van der Waals surface area contributed by atoms with Gasteiger partial charge in [-0.1, -0.05) is 29.4 Å². The van der Waals surface area contributed by atoms with Crippen LogP contribution in [0.15, 0.2) is 59.4 Å². The van der Waals surface area contributed by atoms with Gasteiger partial charge in [-0.2, -0.15) is 0 Å². The average Bonchev–Trinajstić information content (AvgIpc) is 3.38. The van der Waals surface area contributed by atoms with Crippen LogP contribution in [0.4, 0.5) is 0 Å². The van der Waals surface area contributed by atoms with Gasteiger partial charge in [0.25, 0.3) is 0 Å². The van der Waals surface area contributed by atoms with Gasteiger partial charge < -0.3 is 19.8 Å². The first-order valence-electron chi connectivity index (χ1n) is 10.2. The lowest BCUT2D eigenvalue weighted by molar-refractivity contribution is -0.138. The molecule has 8 nitrogen and oxygen atoms in total. The molecule has 0 aliphatic carbocycles. The summed E-state index contributed by atoms with van der Waals surface area (Å²) < 4.78 is 5.10. The summed E-state index contributed by atoms with van der Waals surface area (Å²) in [4.78, 5) is 30.9. The van der Waals surface area contributed by atoms with E-state index >= 15 is 0 Å². The van der Waals surface area contributed by atoms with Crippen molar-refractivity contribution < 1.29 is 19.2 Å². The van der Waals surface area contributed by atoms with E-state index in [0.717, 1.165) is 16.7 Å². The molecule has 160 valence electrons. The summed E-state index contributed by atoms with van der Waals surface area (Å²) in [6.07, 6.45) is 2.99. The van der Waals surface area contributed by atoms with Crippen LogP contribution < -0.4 is 5.32 Å². The van der Waals surface area contributed by atoms with Gasteiger partial charge in [0.05, 0.1) is 18.2 Å². The van der Waals surface area contributed by atoms with Crippen LogP contribution in [0, 0.1) is 6.92 Å². The van der Waals surface area contributed by atoms with Gasteiger partial charge in [0.1, 0.15) is 11.8 Å². The first kappa shape index (κ1) is 20.7. The standard InChI is InChI=1S/C23H24N4O4/c1-15-10-20(31-26-15)12-22(29)27-14-19(28)11-21(27)23(30)25-13-16-2-4-17(5-3-16)18-6-8-24-9-7-18/h2-10,19,21,28H,11-14H2,1H3,(H,25,30). The predicted octanol–water partition coefficient (Wildman–Crippen LogP) is 1.87. The monoisotopic (exact) mass is 420 g/mol. The molecule has 0 bridgehead atoms. The van der Waals surface area contributed by atoms with Crippen molar-refractivity contribution in [2.24, 2.45) is 0 Å². The molecule has 1 aliphatic rings. The highest BCUT2D eigenvalue weighted by Gasteiger charge is 2.38. The molecule has 1 aliphatic heterocycles. The molecule has 2 aromatic heterocycles. The smallest absolute Gasteiger partial charge is 0.243 e. The van der Waals surface area contributed by atoms with E-state index < -0.39 is 12.1 Å². The van der Waals surface area contributed by atoms with Crippen LogP contribution in [0.2, 0.25) is 0 Å². The van der Waals surface area contributed by atoms with E-state index in [1.54, 1.807) is 25.4 Å². The molecule has 0 saturated carbocycles. The lowest BCUT2D eigenvalue weighted by Crippen LogP contribution is -2.46. The fourth-order valence-electron chi connectivity index (χ4n) is 3.75. The van der Waals surface area contributed by atoms with E-state index in [-0.39, 0.29) is 31.2 Å². The number of aliphatic hydroxyl groups is 1. The number of nitrogens with one attached hydrogen (secondary N) is 1. The molecule has 8 heteroatoms. The van der Waals surface area contributed by atoms with Crippen molar-refractivity contribution in [3.63, 3.8) is 0 Å². The molecule has 0 spiro atoms. The average molecular weight is 420 g/mol. The Morgan fingerprint density at radius 2 is 1.87 bits per heavy atom. The number of carbonyl (C=O) groups excluding carboxylic acids is 2. The Labute approximate surface area is 179 Å². The number of amides is 2. The summed E-state index contributed by atoms with van der Waals surface area (Å²) >= 11 is 0. The molecule has 31 heavy (non-hydrogen) atoms. The number of hydrogen-bond donors (Lipinski definition) is 2. The Balaban J connectivity index is 1.36. The Morgan fingerprint density at radius 3 is 2.55 bits per heavy atom. The summed E-state index contributed by atoms with van der Waals surface area (Å²) in [5, 5.41) is 16.7. The number of benzene rings is 1. The van der Waals surface area contributed by atoms with Crippen molar-refractivity contribution in [1.29, 1.82) is 0 Å². The molecule has 2 atom stereocenters. The van der Waals surface area contributed by atoms with Crippen LogP contribution >= 0.6 is 0 Å². The second kappa shape index (κ2) is 9.09. The van der Waals surface area contributed by atoms with Gasteiger partial charge in [0.15, 0.2) is 0 Å². The molecule has 1 saturated heterocycles. The van der Waals surface area contributed by atoms with Crippen LogP contribution in [-0.2, 0) is 22.6 Å². The van der Waals surface area contributed by atoms with E-state index in [0.29, 0.717) is 18.0 Å². The molecule has 4 rings (SSSR count). The van der Waals surface area contributed by atoms with Crippen LogP contribution in [0.1, 0.15) is 23.4 Å². The molecule has 3 aromatic rings. The molecule has 0 radical (unpaired) electrons. The Kier molecular flexibility index (Phi) is 6.08.